The Morgan fingerprint density at radius 3 is 2.00 bits per heavy atom. The second kappa shape index (κ2) is 3.13. The zero-order chi connectivity index (χ0) is 7.56. The Kier molecular flexibility index (Phi) is 2.41. The van der Waals surface area contributed by atoms with Crippen LogP contribution >= 0.6 is 0 Å². The fraction of sp³-hybridized carbons (Fsp3) is 1.00. The van der Waals surface area contributed by atoms with E-state index in [4.69, 9.17) is 0 Å². The summed E-state index contributed by atoms with van der Waals surface area (Å²) in [5.41, 5.74) is 0. The molecule has 0 saturated heterocycles. The van der Waals surface area contributed by atoms with Gasteiger partial charge < -0.3 is 0 Å². The van der Waals surface area contributed by atoms with Crippen LogP contribution in [0, 0.1) is 16.7 Å². The number of nitroso groups, excluding NO2 is 1. The van der Waals surface area contributed by atoms with Gasteiger partial charge in [-0.3, -0.25) is 0 Å². The van der Waals surface area contributed by atoms with Gasteiger partial charge in [0.25, 0.3) is 0 Å². The predicted octanol–water partition coefficient (Wildman–Crippen LogP) is 2.58. The van der Waals surface area contributed by atoms with Crippen molar-refractivity contribution in [2.45, 2.75) is 39.2 Å². The first-order valence-electron chi connectivity index (χ1n) is 4.08. The summed E-state index contributed by atoms with van der Waals surface area (Å²) in [6.07, 6.45) is 3.63. The van der Waals surface area contributed by atoms with Gasteiger partial charge in [-0.2, -0.15) is 4.91 Å². The highest BCUT2D eigenvalue weighted by Crippen LogP contribution is 2.30. The lowest BCUT2D eigenvalue weighted by Gasteiger charge is -2.28. The molecule has 0 radical (unpaired) electrons. The molecular weight excluding hydrogens is 126 g/mol. The third kappa shape index (κ3) is 1.36. The Balaban J connectivity index is 2.53. The summed E-state index contributed by atoms with van der Waals surface area (Å²) in [6.45, 7) is 4.25. The summed E-state index contributed by atoms with van der Waals surface area (Å²) in [4.78, 5) is 10.3. The molecule has 1 rings (SSSR count). The fourth-order valence-corrected chi connectivity index (χ4v) is 1.87. The summed E-state index contributed by atoms with van der Waals surface area (Å²) < 4.78 is 0. The van der Waals surface area contributed by atoms with Gasteiger partial charge in [-0.15, -0.1) is 0 Å². The van der Waals surface area contributed by atoms with Crippen LogP contribution in [0.25, 0.3) is 0 Å². The van der Waals surface area contributed by atoms with E-state index in [-0.39, 0.29) is 6.04 Å². The van der Waals surface area contributed by atoms with Crippen molar-refractivity contribution in [1.82, 2.24) is 0 Å². The van der Waals surface area contributed by atoms with E-state index >= 15 is 0 Å². The highest BCUT2D eigenvalue weighted by molar-refractivity contribution is 4.82. The summed E-state index contributed by atoms with van der Waals surface area (Å²) in [5, 5.41) is 3.16. The van der Waals surface area contributed by atoms with Gasteiger partial charge in [-0.25, -0.2) is 0 Å². The molecule has 2 atom stereocenters. The van der Waals surface area contributed by atoms with Gasteiger partial charge >= 0.3 is 0 Å². The number of rotatable bonds is 1. The van der Waals surface area contributed by atoms with Crippen LogP contribution in [0.4, 0.5) is 0 Å². The molecule has 0 spiro atoms. The van der Waals surface area contributed by atoms with E-state index in [1.807, 2.05) is 0 Å². The second-order valence-electron chi connectivity index (χ2n) is 3.48. The van der Waals surface area contributed by atoms with Gasteiger partial charge in [-0.1, -0.05) is 25.4 Å². The molecule has 0 unspecified atom stereocenters. The molecule has 2 nitrogen and oxygen atoms in total. The highest BCUT2D eigenvalue weighted by Gasteiger charge is 2.28. The van der Waals surface area contributed by atoms with Crippen molar-refractivity contribution in [3.63, 3.8) is 0 Å². The maximum absolute atomic E-state index is 10.3. The summed E-state index contributed by atoms with van der Waals surface area (Å²) in [7, 11) is 0. The molecule has 1 aliphatic carbocycles. The molecular formula is C8H15NO. The van der Waals surface area contributed by atoms with Gasteiger partial charge in [0.2, 0.25) is 0 Å². The van der Waals surface area contributed by atoms with Crippen LogP contribution in [0.5, 0.6) is 0 Å². The van der Waals surface area contributed by atoms with Crippen molar-refractivity contribution >= 4 is 0 Å². The normalized spacial score (nSPS) is 35.8. The molecule has 0 N–H and O–H groups in total. The zero-order valence-electron chi connectivity index (χ0n) is 6.71. The summed E-state index contributed by atoms with van der Waals surface area (Å²) >= 11 is 0. The molecule has 0 heterocycles. The first-order valence-corrected chi connectivity index (χ1v) is 4.08. The largest absolute Gasteiger partial charge is 0.150 e. The SMILES string of the molecule is C[C@@H]1CCC[C@@H](C)C1N=O. The van der Waals surface area contributed by atoms with Crippen LogP contribution in [-0.4, -0.2) is 6.04 Å². The second-order valence-corrected chi connectivity index (χ2v) is 3.48. The van der Waals surface area contributed by atoms with Crippen LogP contribution in [0.1, 0.15) is 33.1 Å². The van der Waals surface area contributed by atoms with Crippen LogP contribution in [0.2, 0.25) is 0 Å². The standard InChI is InChI=1S/C8H15NO/c1-6-4-3-5-7(2)8(6)9-10/h6-8H,3-5H2,1-2H3/t6-,7-/m1/s1. The van der Waals surface area contributed by atoms with E-state index in [1.165, 1.54) is 19.3 Å². The number of nitrogens with zero attached hydrogens (tertiary/aromatic N) is 1. The summed E-state index contributed by atoms with van der Waals surface area (Å²) in [5.74, 6) is 1.03. The Morgan fingerprint density at radius 1 is 1.20 bits per heavy atom. The van der Waals surface area contributed by atoms with Crippen LogP contribution in [0.15, 0.2) is 5.18 Å². The summed E-state index contributed by atoms with van der Waals surface area (Å²) in [6, 6.07) is 0.0914. The average Bonchev–Trinajstić information content (AvgIpc) is 1.88. The van der Waals surface area contributed by atoms with Crippen molar-refractivity contribution in [2.24, 2.45) is 17.0 Å². The Bertz CT molecular complexity index is 114. The van der Waals surface area contributed by atoms with E-state index in [9.17, 15) is 4.91 Å². The third-order valence-corrected chi connectivity index (χ3v) is 2.61. The molecule has 1 aliphatic rings. The molecule has 1 fully saturated rings. The van der Waals surface area contributed by atoms with Crippen LogP contribution in [-0.2, 0) is 0 Å². The van der Waals surface area contributed by atoms with E-state index in [0.29, 0.717) is 11.8 Å². The minimum Gasteiger partial charge on any atom is -0.150 e. The lowest BCUT2D eigenvalue weighted by molar-refractivity contribution is 0.251. The van der Waals surface area contributed by atoms with Crippen molar-refractivity contribution in [2.75, 3.05) is 0 Å². The molecule has 0 aromatic carbocycles. The van der Waals surface area contributed by atoms with E-state index in [0.717, 1.165) is 0 Å². The zero-order valence-corrected chi connectivity index (χ0v) is 6.71. The van der Waals surface area contributed by atoms with Gasteiger partial charge in [0.15, 0.2) is 0 Å². The Labute approximate surface area is 62.0 Å². The molecule has 0 aromatic rings. The van der Waals surface area contributed by atoms with E-state index < -0.39 is 0 Å². The third-order valence-electron chi connectivity index (χ3n) is 2.61. The highest BCUT2D eigenvalue weighted by atomic mass is 16.3. The lowest BCUT2D eigenvalue weighted by atomic mass is 9.79. The quantitative estimate of drug-likeness (QED) is 0.516. The topological polar surface area (TPSA) is 29.4 Å². The number of hydrogen-bond donors (Lipinski definition) is 0. The van der Waals surface area contributed by atoms with Crippen molar-refractivity contribution in [1.29, 1.82) is 0 Å². The van der Waals surface area contributed by atoms with Gasteiger partial charge in [0.05, 0.1) is 6.04 Å². The van der Waals surface area contributed by atoms with Gasteiger partial charge in [-0.05, 0) is 24.7 Å². The number of hydrogen-bond acceptors (Lipinski definition) is 2. The minimum absolute atomic E-state index is 0.0914. The molecule has 0 amide bonds. The van der Waals surface area contributed by atoms with Gasteiger partial charge in [0, 0.05) is 0 Å². The maximum Gasteiger partial charge on any atom is 0.0970 e. The minimum atomic E-state index is 0.0914. The molecule has 2 heteroatoms. The van der Waals surface area contributed by atoms with Crippen molar-refractivity contribution in [3.05, 3.63) is 4.91 Å². The van der Waals surface area contributed by atoms with Gasteiger partial charge in [0.1, 0.15) is 0 Å². The lowest BCUT2D eigenvalue weighted by Crippen LogP contribution is -2.27. The average molecular weight is 141 g/mol. The predicted molar refractivity (Wildman–Crippen MR) is 41.8 cm³/mol. The molecule has 0 aromatic heterocycles. The Hall–Kier alpha value is -0.400. The maximum atomic E-state index is 10.3. The molecule has 0 bridgehead atoms. The van der Waals surface area contributed by atoms with Crippen molar-refractivity contribution < 1.29 is 0 Å². The van der Waals surface area contributed by atoms with Crippen LogP contribution < -0.4 is 0 Å². The molecule has 0 aliphatic heterocycles. The first kappa shape index (κ1) is 7.70. The van der Waals surface area contributed by atoms with E-state index in [1.54, 1.807) is 0 Å². The van der Waals surface area contributed by atoms with Crippen LogP contribution in [0.3, 0.4) is 0 Å². The first-order chi connectivity index (χ1) is 4.75. The monoisotopic (exact) mass is 141 g/mol. The Morgan fingerprint density at radius 2 is 1.70 bits per heavy atom. The molecule has 10 heavy (non-hydrogen) atoms. The fourth-order valence-electron chi connectivity index (χ4n) is 1.87. The smallest absolute Gasteiger partial charge is 0.0970 e. The molecule has 58 valence electrons. The molecule has 1 saturated carbocycles. The van der Waals surface area contributed by atoms with Crippen molar-refractivity contribution in [3.8, 4) is 0 Å². The van der Waals surface area contributed by atoms with E-state index in [2.05, 4.69) is 19.0 Å².